The maximum Gasteiger partial charge on any atom is 0.0887 e. The summed E-state index contributed by atoms with van der Waals surface area (Å²) in [6, 6.07) is 19.9. The van der Waals surface area contributed by atoms with Crippen molar-refractivity contribution in [1.29, 1.82) is 0 Å². The molecule has 6 nitrogen and oxygen atoms in total. The normalized spacial score (nSPS) is 17.1. The second kappa shape index (κ2) is 9.22. The zero-order valence-electron chi connectivity index (χ0n) is 17.3. The van der Waals surface area contributed by atoms with Gasteiger partial charge in [-0.25, -0.2) is 0 Å². The van der Waals surface area contributed by atoms with Gasteiger partial charge >= 0.3 is 0 Å². The monoisotopic (exact) mass is 418 g/mol. The van der Waals surface area contributed by atoms with Crippen molar-refractivity contribution in [2.45, 2.75) is 12.1 Å². The van der Waals surface area contributed by atoms with Crippen LogP contribution in [-0.2, 0) is 0 Å². The molecule has 156 valence electrons. The Kier molecular flexibility index (Phi) is 5.66. The van der Waals surface area contributed by atoms with Crippen molar-refractivity contribution in [2.75, 3.05) is 10.6 Å². The van der Waals surface area contributed by atoms with Gasteiger partial charge in [0.05, 0.1) is 58.6 Å². The van der Waals surface area contributed by atoms with Crippen molar-refractivity contribution >= 4 is 11.4 Å². The number of hydrogen-bond acceptors (Lipinski definition) is 6. The van der Waals surface area contributed by atoms with Crippen molar-refractivity contribution in [3.63, 3.8) is 0 Å². The van der Waals surface area contributed by atoms with Gasteiger partial charge in [-0.1, -0.05) is 36.4 Å². The lowest BCUT2D eigenvalue weighted by molar-refractivity contribution is 0.993. The van der Waals surface area contributed by atoms with E-state index >= 15 is 0 Å². The van der Waals surface area contributed by atoms with E-state index in [-0.39, 0.29) is 12.1 Å². The summed E-state index contributed by atoms with van der Waals surface area (Å²) in [4.78, 5) is 17.7. The topological polar surface area (TPSA) is 75.6 Å². The van der Waals surface area contributed by atoms with Gasteiger partial charge in [0.2, 0.25) is 0 Å². The minimum Gasteiger partial charge on any atom is -0.374 e. The number of pyridine rings is 4. The highest BCUT2D eigenvalue weighted by molar-refractivity contribution is 5.59. The molecule has 1 aliphatic carbocycles. The molecule has 4 aromatic rings. The van der Waals surface area contributed by atoms with Gasteiger partial charge in [-0.3, -0.25) is 19.9 Å². The summed E-state index contributed by atoms with van der Waals surface area (Å²) in [7, 11) is 0. The van der Waals surface area contributed by atoms with E-state index in [9.17, 15) is 0 Å². The molecular formula is C26H22N6. The molecule has 2 N–H and O–H groups in total. The minimum atomic E-state index is 0.111. The van der Waals surface area contributed by atoms with E-state index in [4.69, 9.17) is 0 Å². The third-order valence-electron chi connectivity index (χ3n) is 5.10. The molecule has 0 spiro atoms. The molecule has 0 radical (unpaired) electrons. The summed E-state index contributed by atoms with van der Waals surface area (Å²) in [5.41, 5.74) is 5.38. The fourth-order valence-electron chi connectivity index (χ4n) is 3.47. The highest BCUT2D eigenvalue weighted by Crippen LogP contribution is 2.19. The predicted molar refractivity (Wildman–Crippen MR) is 128 cm³/mol. The average Bonchev–Trinajstić information content (AvgIpc) is 2.87. The van der Waals surface area contributed by atoms with Crippen LogP contribution in [0.1, 0.15) is 0 Å². The van der Waals surface area contributed by atoms with Crippen molar-refractivity contribution in [3.05, 3.63) is 110 Å². The minimum absolute atomic E-state index is 0.111. The van der Waals surface area contributed by atoms with Gasteiger partial charge in [-0.15, -0.1) is 0 Å². The van der Waals surface area contributed by atoms with Crippen molar-refractivity contribution in [2.24, 2.45) is 0 Å². The molecule has 32 heavy (non-hydrogen) atoms. The van der Waals surface area contributed by atoms with Crippen LogP contribution in [0.5, 0.6) is 0 Å². The SMILES string of the molecule is C1=CC(Nc2ccc(-c3ccccn3)nc2)C=CC1Nc1ccc(-c2ccccn2)nc1. The van der Waals surface area contributed by atoms with Crippen LogP contribution in [0.4, 0.5) is 11.4 Å². The average molecular weight is 419 g/mol. The quantitative estimate of drug-likeness (QED) is 0.430. The maximum absolute atomic E-state index is 4.52. The van der Waals surface area contributed by atoms with Gasteiger partial charge < -0.3 is 10.6 Å². The summed E-state index contributed by atoms with van der Waals surface area (Å²) in [5.74, 6) is 0. The lowest BCUT2D eigenvalue weighted by Gasteiger charge is -2.20. The molecule has 0 aliphatic heterocycles. The van der Waals surface area contributed by atoms with Gasteiger partial charge in [-0.05, 0) is 48.5 Å². The van der Waals surface area contributed by atoms with Crippen LogP contribution in [0.25, 0.3) is 22.8 Å². The number of nitrogens with zero attached hydrogens (tertiary/aromatic N) is 4. The zero-order chi connectivity index (χ0) is 21.6. The van der Waals surface area contributed by atoms with Crippen molar-refractivity contribution < 1.29 is 0 Å². The molecular weight excluding hydrogens is 396 g/mol. The van der Waals surface area contributed by atoms with Crippen LogP contribution in [0.2, 0.25) is 0 Å². The van der Waals surface area contributed by atoms with Crippen LogP contribution in [-0.4, -0.2) is 32.0 Å². The number of anilines is 2. The highest BCUT2D eigenvalue weighted by Gasteiger charge is 2.10. The molecule has 4 aromatic heterocycles. The first-order valence-corrected chi connectivity index (χ1v) is 10.5. The van der Waals surface area contributed by atoms with E-state index in [1.165, 1.54) is 0 Å². The van der Waals surface area contributed by atoms with Crippen LogP contribution < -0.4 is 10.6 Å². The molecule has 0 amide bonds. The Balaban J connectivity index is 1.16. The zero-order valence-corrected chi connectivity index (χ0v) is 17.3. The molecule has 0 saturated heterocycles. The number of nitrogens with one attached hydrogen (secondary N) is 2. The van der Waals surface area contributed by atoms with Gasteiger partial charge in [-0.2, -0.15) is 0 Å². The Morgan fingerprint density at radius 1 is 0.469 bits per heavy atom. The Hall–Kier alpha value is -4.32. The molecule has 5 rings (SSSR count). The van der Waals surface area contributed by atoms with Gasteiger partial charge in [0, 0.05) is 12.4 Å². The third kappa shape index (κ3) is 4.70. The number of rotatable bonds is 6. The van der Waals surface area contributed by atoms with Crippen LogP contribution >= 0.6 is 0 Å². The Morgan fingerprint density at radius 2 is 0.906 bits per heavy atom. The molecule has 6 heteroatoms. The van der Waals surface area contributed by atoms with Crippen molar-refractivity contribution in [3.8, 4) is 22.8 Å². The summed E-state index contributed by atoms with van der Waals surface area (Å²) in [6.07, 6.45) is 15.8. The summed E-state index contributed by atoms with van der Waals surface area (Å²) < 4.78 is 0. The van der Waals surface area contributed by atoms with E-state index < -0.39 is 0 Å². The number of aromatic nitrogens is 4. The molecule has 0 atom stereocenters. The molecule has 0 unspecified atom stereocenters. The van der Waals surface area contributed by atoms with E-state index in [2.05, 4.69) is 54.9 Å². The van der Waals surface area contributed by atoms with Gasteiger partial charge in [0.15, 0.2) is 0 Å². The van der Waals surface area contributed by atoms with E-state index in [1.54, 1.807) is 12.4 Å². The first kappa shape index (κ1) is 19.6. The smallest absolute Gasteiger partial charge is 0.0887 e. The van der Waals surface area contributed by atoms with Crippen LogP contribution in [0.15, 0.2) is 110 Å². The largest absolute Gasteiger partial charge is 0.374 e. The van der Waals surface area contributed by atoms with Gasteiger partial charge in [0.1, 0.15) is 0 Å². The highest BCUT2D eigenvalue weighted by atomic mass is 15.0. The molecule has 0 bridgehead atoms. The summed E-state index contributed by atoms with van der Waals surface area (Å²) >= 11 is 0. The Labute approximate surface area is 186 Å². The maximum atomic E-state index is 4.52. The second-order valence-corrected chi connectivity index (χ2v) is 7.40. The Bertz CT molecular complexity index is 1090. The Morgan fingerprint density at radius 3 is 1.25 bits per heavy atom. The number of hydrogen-bond donors (Lipinski definition) is 2. The fourth-order valence-corrected chi connectivity index (χ4v) is 3.47. The first-order chi connectivity index (χ1) is 15.8. The predicted octanol–water partition coefficient (Wildman–Crippen LogP) is 4.99. The summed E-state index contributed by atoms with van der Waals surface area (Å²) in [6.45, 7) is 0. The van der Waals surface area contributed by atoms with Crippen molar-refractivity contribution in [1.82, 2.24) is 19.9 Å². The standard InChI is InChI=1S/C26H22N6/c1-3-15-27-23(5-1)25-13-11-21(17-29-25)31-19-7-9-20(10-8-19)32-22-12-14-26(30-18-22)24-6-2-4-16-28-24/h1-20,31-32H. The van der Waals surface area contributed by atoms with Gasteiger partial charge in [0.25, 0.3) is 0 Å². The lowest BCUT2D eigenvalue weighted by atomic mass is 10.1. The molecule has 1 aliphatic rings. The second-order valence-electron chi connectivity index (χ2n) is 7.40. The molecule has 0 saturated carbocycles. The molecule has 4 heterocycles. The molecule has 0 aromatic carbocycles. The lowest BCUT2D eigenvalue weighted by Crippen LogP contribution is -2.23. The third-order valence-corrected chi connectivity index (χ3v) is 5.10. The fraction of sp³-hybridized carbons (Fsp3) is 0.0769. The summed E-state index contributed by atoms with van der Waals surface area (Å²) in [5, 5.41) is 6.93. The molecule has 0 fully saturated rings. The van der Waals surface area contributed by atoms with Crippen LogP contribution in [0.3, 0.4) is 0 Å². The van der Waals surface area contributed by atoms with E-state index in [1.807, 2.05) is 73.1 Å². The van der Waals surface area contributed by atoms with E-state index in [0.717, 1.165) is 34.2 Å². The van der Waals surface area contributed by atoms with Crippen LogP contribution in [0, 0.1) is 0 Å². The first-order valence-electron chi connectivity index (χ1n) is 10.5. The van der Waals surface area contributed by atoms with E-state index in [0.29, 0.717) is 0 Å².